The summed E-state index contributed by atoms with van der Waals surface area (Å²) in [7, 11) is 0. The summed E-state index contributed by atoms with van der Waals surface area (Å²) < 4.78 is 5.22. The molecule has 6 nitrogen and oxygen atoms in total. The number of nitrogens with zero attached hydrogens (tertiary/aromatic N) is 1. The number of hydrogen-bond acceptors (Lipinski definition) is 4. The van der Waals surface area contributed by atoms with E-state index in [9.17, 15) is 14.7 Å². The summed E-state index contributed by atoms with van der Waals surface area (Å²) >= 11 is 0. The third-order valence-corrected chi connectivity index (χ3v) is 4.92. The van der Waals surface area contributed by atoms with Gasteiger partial charge in [0.05, 0.1) is 18.0 Å². The first-order valence-corrected chi connectivity index (χ1v) is 7.84. The van der Waals surface area contributed by atoms with Gasteiger partial charge in [-0.15, -0.1) is 0 Å². The maximum Gasteiger partial charge on any atom is 0.307 e. The van der Waals surface area contributed by atoms with Crippen molar-refractivity contribution in [2.45, 2.75) is 6.42 Å². The molecule has 4 atom stereocenters. The van der Waals surface area contributed by atoms with E-state index < -0.39 is 17.8 Å². The molecule has 1 aromatic heterocycles. The summed E-state index contributed by atoms with van der Waals surface area (Å²) in [6.07, 6.45) is 7.63. The largest absolute Gasteiger partial charge is 0.481 e. The second-order valence-electron chi connectivity index (χ2n) is 6.27. The summed E-state index contributed by atoms with van der Waals surface area (Å²) in [6, 6.07) is 7.19. The fourth-order valence-electron chi connectivity index (χ4n) is 3.82. The lowest BCUT2D eigenvalue weighted by molar-refractivity contribution is -0.146. The molecule has 4 rings (SSSR count). The first kappa shape index (κ1) is 14.7. The number of hydrogen-bond donors (Lipinski definition) is 2. The van der Waals surface area contributed by atoms with Crippen molar-refractivity contribution in [1.29, 1.82) is 0 Å². The predicted molar refractivity (Wildman–Crippen MR) is 85.9 cm³/mol. The smallest absolute Gasteiger partial charge is 0.307 e. The minimum atomic E-state index is -0.896. The SMILES string of the molecule is O=C(Nc1ccc(-c2cnco2)cc1)[C@@H]1[C@@H](C(=O)O)[C@H]2C=C[C@@H]1C2. The minimum absolute atomic E-state index is 0.0181. The lowest BCUT2D eigenvalue weighted by Crippen LogP contribution is -2.36. The Balaban J connectivity index is 1.50. The maximum atomic E-state index is 12.6. The Labute approximate surface area is 138 Å². The average molecular weight is 324 g/mol. The molecule has 2 aliphatic carbocycles. The number of amides is 1. The highest BCUT2D eigenvalue weighted by Gasteiger charge is 2.51. The van der Waals surface area contributed by atoms with Crippen molar-refractivity contribution >= 4 is 17.6 Å². The molecule has 1 amide bonds. The number of carboxylic acids is 1. The van der Waals surface area contributed by atoms with Crippen molar-refractivity contribution in [3.05, 3.63) is 49.0 Å². The van der Waals surface area contributed by atoms with Crippen LogP contribution in [0, 0.1) is 23.7 Å². The van der Waals surface area contributed by atoms with Gasteiger partial charge in [0, 0.05) is 11.3 Å². The van der Waals surface area contributed by atoms with Gasteiger partial charge in [0.2, 0.25) is 5.91 Å². The standard InChI is InChI=1S/C18H16N2O4/c21-17(15-11-1-2-12(7-11)16(15)18(22)23)20-13-5-3-10(4-6-13)14-8-19-9-24-14/h1-6,8-9,11-12,15-16H,7H2,(H,20,21)(H,22,23)/t11-,12+,15+,16+/m1/s1. The van der Waals surface area contributed by atoms with Gasteiger partial charge in [0.15, 0.2) is 12.2 Å². The van der Waals surface area contributed by atoms with E-state index in [0.717, 1.165) is 12.0 Å². The molecule has 1 saturated carbocycles. The predicted octanol–water partition coefficient (Wildman–Crippen LogP) is 2.80. The molecule has 122 valence electrons. The van der Waals surface area contributed by atoms with E-state index in [1.807, 2.05) is 24.3 Å². The Hall–Kier alpha value is -2.89. The number of fused-ring (bicyclic) bond motifs is 2. The summed E-state index contributed by atoms with van der Waals surface area (Å²) in [5.41, 5.74) is 1.50. The zero-order valence-electron chi connectivity index (χ0n) is 12.8. The molecule has 2 aromatic rings. The molecule has 0 saturated heterocycles. The van der Waals surface area contributed by atoms with Crippen LogP contribution < -0.4 is 5.32 Å². The summed E-state index contributed by atoms with van der Waals surface area (Å²) in [5, 5.41) is 12.3. The number of oxazole rings is 1. The van der Waals surface area contributed by atoms with E-state index in [1.54, 1.807) is 18.3 Å². The zero-order valence-corrected chi connectivity index (χ0v) is 12.8. The van der Waals surface area contributed by atoms with E-state index in [4.69, 9.17) is 4.42 Å². The molecule has 0 spiro atoms. The van der Waals surface area contributed by atoms with Gasteiger partial charge in [-0.3, -0.25) is 9.59 Å². The molecule has 6 heteroatoms. The van der Waals surface area contributed by atoms with Crippen LogP contribution >= 0.6 is 0 Å². The number of anilines is 1. The van der Waals surface area contributed by atoms with E-state index in [1.165, 1.54) is 6.39 Å². The van der Waals surface area contributed by atoms with Crippen LogP contribution in [0.3, 0.4) is 0 Å². The highest BCUT2D eigenvalue weighted by atomic mass is 16.4. The van der Waals surface area contributed by atoms with E-state index in [0.29, 0.717) is 11.4 Å². The van der Waals surface area contributed by atoms with Gasteiger partial charge in [-0.25, -0.2) is 4.98 Å². The molecule has 1 aromatic carbocycles. The van der Waals surface area contributed by atoms with Crippen molar-refractivity contribution in [2.75, 3.05) is 5.32 Å². The molecular formula is C18H16N2O4. The molecule has 2 bridgehead atoms. The molecule has 24 heavy (non-hydrogen) atoms. The van der Waals surface area contributed by atoms with E-state index in [-0.39, 0.29) is 17.7 Å². The van der Waals surface area contributed by atoms with Gasteiger partial charge < -0.3 is 14.8 Å². The zero-order chi connectivity index (χ0) is 16.7. The molecule has 0 aliphatic heterocycles. The lowest BCUT2D eigenvalue weighted by Gasteiger charge is -2.23. The van der Waals surface area contributed by atoms with Crippen molar-refractivity contribution in [3.8, 4) is 11.3 Å². The van der Waals surface area contributed by atoms with Crippen molar-refractivity contribution in [1.82, 2.24) is 4.98 Å². The third kappa shape index (κ3) is 2.40. The van der Waals surface area contributed by atoms with Crippen molar-refractivity contribution < 1.29 is 19.1 Å². The van der Waals surface area contributed by atoms with Gasteiger partial charge in [0.25, 0.3) is 0 Å². The quantitative estimate of drug-likeness (QED) is 0.844. The highest BCUT2D eigenvalue weighted by molar-refractivity contribution is 5.96. The second kappa shape index (κ2) is 5.63. The number of benzene rings is 1. The first-order chi connectivity index (χ1) is 11.6. The van der Waals surface area contributed by atoms with Crippen LogP contribution in [0.4, 0.5) is 5.69 Å². The maximum absolute atomic E-state index is 12.6. The Bertz CT molecular complexity index is 795. The third-order valence-electron chi connectivity index (χ3n) is 4.92. The van der Waals surface area contributed by atoms with Crippen molar-refractivity contribution in [2.24, 2.45) is 23.7 Å². The van der Waals surface area contributed by atoms with Gasteiger partial charge in [-0.2, -0.15) is 0 Å². The molecule has 0 radical (unpaired) electrons. The number of carbonyl (C=O) groups excluding carboxylic acids is 1. The van der Waals surface area contributed by atoms with E-state index >= 15 is 0 Å². The normalized spacial score (nSPS) is 27.3. The summed E-state index contributed by atoms with van der Waals surface area (Å²) in [6.45, 7) is 0. The van der Waals surface area contributed by atoms with Crippen molar-refractivity contribution in [3.63, 3.8) is 0 Å². The van der Waals surface area contributed by atoms with Crippen LogP contribution in [0.5, 0.6) is 0 Å². The number of aromatic nitrogens is 1. The number of carboxylic acid groups (broad SMARTS) is 1. The molecule has 2 aliphatic rings. The van der Waals surface area contributed by atoms with Gasteiger partial charge in [-0.05, 0) is 42.5 Å². The first-order valence-electron chi connectivity index (χ1n) is 7.84. The molecule has 1 fully saturated rings. The van der Waals surface area contributed by atoms with Crippen LogP contribution in [0.2, 0.25) is 0 Å². The topological polar surface area (TPSA) is 92.4 Å². The Morgan fingerprint density at radius 2 is 1.83 bits per heavy atom. The number of allylic oxidation sites excluding steroid dienone is 2. The Kier molecular flexibility index (Phi) is 3.45. The fraction of sp³-hybridized carbons (Fsp3) is 0.278. The molecule has 1 heterocycles. The van der Waals surface area contributed by atoms with Crippen LogP contribution in [-0.4, -0.2) is 22.0 Å². The van der Waals surface area contributed by atoms with Crippen LogP contribution in [0.1, 0.15) is 6.42 Å². The Morgan fingerprint density at radius 3 is 2.46 bits per heavy atom. The monoisotopic (exact) mass is 324 g/mol. The number of nitrogens with one attached hydrogen (secondary N) is 1. The van der Waals surface area contributed by atoms with E-state index in [2.05, 4.69) is 10.3 Å². The molecule has 0 unspecified atom stereocenters. The number of aliphatic carboxylic acids is 1. The van der Waals surface area contributed by atoms with Gasteiger partial charge in [-0.1, -0.05) is 12.2 Å². The average Bonchev–Trinajstić information content (AvgIpc) is 3.31. The van der Waals surface area contributed by atoms with Gasteiger partial charge >= 0.3 is 5.97 Å². The summed E-state index contributed by atoms with van der Waals surface area (Å²) in [5.74, 6) is -1.63. The van der Waals surface area contributed by atoms with Gasteiger partial charge in [0.1, 0.15) is 0 Å². The molecule has 2 N–H and O–H groups in total. The summed E-state index contributed by atoms with van der Waals surface area (Å²) in [4.78, 5) is 28.0. The minimum Gasteiger partial charge on any atom is -0.481 e. The van der Waals surface area contributed by atoms with Crippen LogP contribution in [-0.2, 0) is 9.59 Å². The number of rotatable bonds is 4. The Morgan fingerprint density at radius 1 is 1.12 bits per heavy atom. The number of carbonyl (C=O) groups is 2. The van der Waals surface area contributed by atoms with Crippen LogP contribution in [0.15, 0.2) is 53.4 Å². The van der Waals surface area contributed by atoms with Crippen LogP contribution in [0.25, 0.3) is 11.3 Å². The second-order valence-corrected chi connectivity index (χ2v) is 6.27. The lowest BCUT2D eigenvalue weighted by atomic mass is 9.82. The fourth-order valence-corrected chi connectivity index (χ4v) is 3.82. The highest BCUT2D eigenvalue weighted by Crippen LogP contribution is 2.48. The molecular weight excluding hydrogens is 308 g/mol.